The van der Waals surface area contributed by atoms with Gasteiger partial charge in [0.1, 0.15) is 6.10 Å². The van der Waals surface area contributed by atoms with Crippen molar-refractivity contribution in [1.29, 1.82) is 0 Å². The van der Waals surface area contributed by atoms with E-state index in [0.717, 1.165) is 18.4 Å². The molecule has 6 heteroatoms. The Kier molecular flexibility index (Phi) is 5.41. The topological polar surface area (TPSA) is 91.0 Å². The Morgan fingerprint density at radius 2 is 2.14 bits per heavy atom. The first-order chi connectivity index (χ1) is 10.1. The van der Waals surface area contributed by atoms with Crippen LogP contribution in [0.4, 0.5) is 0 Å². The van der Waals surface area contributed by atoms with Crippen molar-refractivity contribution >= 4 is 5.97 Å². The van der Waals surface area contributed by atoms with Crippen LogP contribution in [0.1, 0.15) is 30.9 Å². The minimum absolute atomic E-state index is 0.0820. The molecule has 3 N–H and O–H groups in total. The van der Waals surface area contributed by atoms with Gasteiger partial charge in [0.2, 0.25) is 0 Å². The zero-order chi connectivity index (χ0) is 15.2. The largest absolute Gasteiger partial charge is 0.493 e. The maximum absolute atomic E-state index is 10.8. The molecule has 21 heavy (non-hydrogen) atoms. The molecule has 1 aliphatic rings. The first-order valence-electron chi connectivity index (χ1n) is 7.00. The predicted molar refractivity (Wildman–Crippen MR) is 76.6 cm³/mol. The van der Waals surface area contributed by atoms with E-state index in [9.17, 15) is 4.79 Å². The summed E-state index contributed by atoms with van der Waals surface area (Å²) in [5, 5.41) is 8.83. The van der Waals surface area contributed by atoms with Crippen LogP contribution in [0.3, 0.4) is 0 Å². The molecule has 2 rings (SSSR count). The molecule has 0 saturated carbocycles. The van der Waals surface area contributed by atoms with E-state index in [0.29, 0.717) is 24.7 Å². The van der Waals surface area contributed by atoms with Crippen molar-refractivity contribution in [3.8, 4) is 11.5 Å². The van der Waals surface area contributed by atoms with E-state index >= 15 is 0 Å². The number of hydrogen-bond donors (Lipinski definition) is 2. The van der Waals surface area contributed by atoms with Crippen LogP contribution >= 0.6 is 0 Å². The molecular formula is C15H21NO5. The van der Waals surface area contributed by atoms with Crippen molar-refractivity contribution in [2.24, 2.45) is 5.73 Å². The fourth-order valence-corrected chi connectivity index (χ4v) is 2.30. The highest BCUT2D eigenvalue weighted by atomic mass is 16.5. The fourth-order valence-electron chi connectivity index (χ4n) is 2.30. The molecule has 0 radical (unpaired) electrons. The zero-order valence-corrected chi connectivity index (χ0v) is 12.1. The Hall–Kier alpha value is -1.79. The summed E-state index contributed by atoms with van der Waals surface area (Å²) in [5.74, 6) is 0.292. The summed E-state index contributed by atoms with van der Waals surface area (Å²) in [6, 6.07) is 4.72. The highest BCUT2D eigenvalue weighted by molar-refractivity contribution is 5.68. The van der Waals surface area contributed by atoms with E-state index in [2.05, 4.69) is 0 Å². The molecule has 1 fully saturated rings. The molecular weight excluding hydrogens is 274 g/mol. The SMILES string of the molecule is COc1ccc(C(N)CC(=O)O)cc1OC1CCOCC1. The van der Waals surface area contributed by atoms with Crippen LogP contribution in [0.25, 0.3) is 0 Å². The third-order valence-electron chi connectivity index (χ3n) is 3.47. The highest BCUT2D eigenvalue weighted by Gasteiger charge is 2.19. The third kappa shape index (κ3) is 4.34. The van der Waals surface area contributed by atoms with Crippen LogP contribution in [0.2, 0.25) is 0 Å². The molecule has 0 aliphatic carbocycles. The molecule has 116 valence electrons. The lowest BCUT2D eigenvalue weighted by Crippen LogP contribution is -2.26. The number of carbonyl (C=O) groups is 1. The van der Waals surface area contributed by atoms with Gasteiger partial charge in [-0.25, -0.2) is 0 Å². The lowest BCUT2D eigenvalue weighted by atomic mass is 10.0. The molecule has 1 saturated heterocycles. The molecule has 1 unspecified atom stereocenters. The first kappa shape index (κ1) is 15.6. The average Bonchev–Trinajstić information content (AvgIpc) is 2.47. The summed E-state index contributed by atoms with van der Waals surface area (Å²) < 4.78 is 16.6. The molecule has 0 bridgehead atoms. The fraction of sp³-hybridized carbons (Fsp3) is 0.533. The number of nitrogens with two attached hydrogens (primary N) is 1. The van der Waals surface area contributed by atoms with Crippen LogP contribution in [0.5, 0.6) is 11.5 Å². The van der Waals surface area contributed by atoms with Crippen molar-refractivity contribution in [2.45, 2.75) is 31.4 Å². The summed E-state index contributed by atoms with van der Waals surface area (Å²) in [7, 11) is 1.57. The van der Waals surface area contributed by atoms with Crippen LogP contribution < -0.4 is 15.2 Å². The van der Waals surface area contributed by atoms with E-state index in [1.165, 1.54) is 0 Å². The Morgan fingerprint density at radius 1 is 1.43 bits per heavy atom. The molecule has 1 heterocycles. The zero-order valence-electron chi connectivity index (χ0n) is 12.1. The lowest BCUT2D eigenvalue weighted by Gasteiger charge is -2.24. The van der Waals surface area contributed by atoms with Crippen molar-refractivity contribution in [3.05, 3.63) is 23.8 Å². The van der Waals surface area contributed by atoms with Crippen LogP contribution in [0, 0.1) is 0 Å². The van der Waals surface area contributed by atoms with Crippen LogP contribution in [-0.4, -0.2) is 37.5 Å². The van der Waals surface area contributed by atoms with Crippen molar-refractivity contribution < 1.29 is 24.1 Å². The second-order valence-electron chi connectivity index (χ2n) is 5.04. The van der Waals surface area contributed by atoms with E-state index in [4.69, 9.17) is 25.1 Å². The van der Waals surface area contributed by atoms with Gasteiger partial charge in [0, 0.05) is 18.9 Å². The number of benzene rings is 1. The van der Waals surface area contributed by atoms with Gasteiger partial charge < -0.3 is 25.1 Å². The molecule has 0 aromatic heterocycles. The van der Waals surface area contributed by atoms with Gasteiger partial charge in [-0.1, -0.05) is 6.07 Å². The molecule has 0 spiro atoms. The summed E-state index contributed by atoms with van der Waals surface area (Å²) in [6.07, 6.45) is 1.62. The average molecular weight is 295 g/mol. The number of carboxylic acid groups (broad SMARTS) is 1. The second-order valence-corrected chi connectivity index (χ2v) is 5.04. The van der Waals surface area contributed by atoms with Crippen LogP contribution in [0.15, 0.2) is 18.2 Å². The van der Waals surface area contributed by atoms with Gasteiger partial charge >= 0.3 is 5.97 Å². The summed E-state index contributed by atoms with van der Waals surface area (Å²) in [4.78, 5) is 10.8. The Bertz CT molecular complexity index is 485. The molecule has 1 atom stereocenters. The minimum atomic E-state index is -0.926. The Morgan fingerprint density at radius 3 is 2.76 bits per heavy atom. The first-order valence-corrected chi connectivity index (χ1v) is 7.00. The van der Waals surface area contributed by atoms with Gasteiger partial charge in [0.15, 0.2) is 11.5 Å². The molecule has 1 aromatic carbocycles. The monoisotopic (exact) mass is 295 g/mol. The maximum atomic E-state index is 10.8. The smallest absolute Gasteiger partial charge is 0.305 e. The second kappa shape index (κ2) is 7.28. The number of hydrogen-bond acceptors (Lipinski definition) is 5. The standard InChI is InChI=1S/C15H21NO5/c1-19-13-3-2-10(12(16)9-15(17)18)8-14(13)21-11-4-6-20-7-5-11/h2-3,8,11-12H,4-7,9,16H2,1H3,(H,17,18). The van der Waals surface area contributed by atoms with E-state index in [-0.39, 0.29) is 12.5 Å². The number of carboxylic acids is 1. The van der Waals surface area contributed by atoms with E-state index < -0.39 is 12.0 Å². The molecule has 0 amide bonds. The van der Waals surface area contributed by atoms with Crippen molar-refractivity contribution in [1.82, 2.24) is 0 Å². The number of ether oxygens (including phenoxy) is 3. The highest BCUT2D eigenvalue weighted by Crippen LogP contribution is 2.32. The number of methoxy groups -OCH3 is 1. The predicted octanol–water partition coefficient (Wildman–Crippen LogP) is 1.73. The number of aliphatic carboxylic acids is 1. The van der Waals surface area contributed by atoms with Gasteiger partial charge in [-0.05, 0) is 17.7 Å². The Labute approximate surface area is 123 Å². The van der Waals surface area contributed by atoms with Crippen molar-refractivity contribution in [2.75, 3.05) is 20.3 Å². The summed E-state index contributed by atoms with van der Waals surface area (Å²) >= 11 is 0. The van der Waals surface area contributed by atoms with Gasteiger partial charge in [0.05, 0.1) is 26.7 Å². The van der Waals surface area contributed by atoms with Gasteiger partial charge in [-0.15, -0.1) is 0 Å². The van der Waals surface area contributed by atoms with Crippen LogP contribution in [-0.2, 0) is 9.53 Å². The van der Waals surface area contributed by atoms with Gasteiger partial charge in [0.25, 0.3) is 0 Å². The van der Waals surface area contributed by atoms with Gasteiger partial charge in [-0.3, -0.25) is 4.79 Å². The normalized spacial score (nSPS) is 17.2. The maximum Gasteiger partial charge on any atom is 0.305 e. The summed E-state index contributed by atoms with van der Waals surface area (Å²) in [5.41, 5.74) is 6.61. The van der Waals surface area contributed by atoms with Gasteiger partial charge in [-0.2, -0.15) is 0 Å². The minimum Gasteiger partial charge on any atom is -0.493 e. The molecule has 1 aromatic rings. The lowest BCUT2D eigenvalue weighted by molar-refractivity contribution is -0.137. The number of rotatable bonds is 6. The van der Waals surface area contributed by atoms with E-state index in [1.807, 2.05) is 0 Å². The van der Waals surface area contributed by atoms with E-state index in [1.54, 1.807) is 25.3 Å². The molecule has 6 nitrogen and oxygen atoms in total. The third-order valence-corrected chi connectivity index (χ3v) is 3.47. The Balaban J connectivity index is 2.14. The van der Waals surface area contributed by atoms with Crippen molar-refractivity contribution in [3.63, 3.8) is 0 Å². The summed E-state index contributed by atoms with van der Waals surface area (Å²) in [6.45, 7) is 1.37. The molecule has 1 aliphatic heterocycles. The quantitative estimate of drug-likeness (QED) is 0.830.